The molecule has 42 heavy (non-hydrogen) atoms. The minimum atomic E-state index is -0.304. The summed E-state index contributed by atoms with van der Waals surface area (Å²) in [5.74, 6) is 0.901. The molecule has 0 aliphatic rings. The zero-order valence-corrected chi connectivity index (χ0v) is 23.6. The lowest BCUT2D eigenvalue weighted by Crippen LogP contribution is -2.26. The number of pyridine rings is 3. The molecular formula is C31H33N9O2. The lowest BCUT2D eigenvalue weighted by molar-refractivity contribution is 0.0978. The number of carbonyl (C=O) groups excluding carboxylic acids is 1. The molecule has 5 rings (SSSR count). The third-order valence-corrected chi connectivity index (χ3v) is 6.58. The van der Waals surface area contributed by atoms with Gasteiger partial charge >= 0.3 is 0 Å². The lowest BCUT2D eigenvalue weighted by Gasteiger charge is -2.10. The molecule has 0 aliphatic carbocycles. The molecule has 214 valence electrons. The van der Waals surface area contributed by atoms with Crippen LogP contribution in [0, 0.1) is 0 Å². The van der Waals surface area contributed by atoms with Crippen molar-refractivity contribution >= 4 is 23.4 Å². The average molecular weight is 564 g/mol. The van der Waals surface area contributed by atoms with Gasteiger partial charge in [0.25, 0.3) is 5.56 Å². The Morgan fingerprint density at radius 1 is 0.976 bits per heavy atom. The van der Waals surface area contributed by atoms with Crippen LogP contribution >= 0.6 is 0 Å². The number of carbonyl (C=O) groups is 1. The van der Waals surface area contributed by atoms with Crippen LogP contribution < -0.4 is 16.6 Å². The highest BCUT2D eigenvalue weighted by atomic mass is 16.1. The molecule has 0 aliphatic heterocycles. The number of benzene rings is 1. The number of Topliss-reactive ketones (excluding diaryl/α,β-unsaturated/α-hetero) is 1. The van der Waals surface area contributed by atoms with Crippen molar-refractivity contribution in [2.24, 2.45) is 0 Å². The largest absolute Gasteiger partial charge is 0.368 e. The van der Waals surface area contributed by atoms with Gasteiger partial charge in [0, 0.05) is 42.9 Å². The molecular weight excluding hydrogens is 530 g/mol. The number of aromatic nitrogens is 6. The molecule has 11 heteroatoms. The summed E-state index contributed by atoms with van der Waals surface area (Å²) in [5.41, 5.74) is 9.76. The van der Waals surface area contributed by atoms with E-state index in [-0.39, 0.29) is 29.3 Å². The fourth-order valence-electron chi connectivity index (χ4n) is 4.58. The van der Waals surface area contributed by atoms with Crippen molar-refractivity contribution in [2.75, 3.05) is 25.1 Å². The number of nitrogens with two attached hydrogens (primary N) is 1. The van der Waals surface area contributed by atoms with Crippen LogP contribution in [0.25, 0.3) is 5.82 Å². The first-order chi connectivity index (χ1) is 20.4. The first-order valence-corrected chi connectivity index (χ1v) is 13.7. The van der Waals surface area contributed by atoms with E-state index in [1.807, 2.05) is 62.6 Å². The fourth-order valence-corrected chi connectivity index (χ4v) is 4.58. The minimum absolute atomic E-state index is 0.186. The van der Waals surface area contributed by atoms with E-state index in [1.165, 1.54) is 14.8 Å². The van der Waals surface area contributed by atoms with Crippen molar-refractivity contribution < 1.29 is 4.79 Å². The van der Waals surface area contributed by atoms with Crippen LogP contribution in [0.3, 0.4) is 0 Å². The molecule has 5 aromatic rings. The second-order valence-corrected chi connectivity index (χ2v) is 10.2. The van der Waals surface area contributed by atoms with Gasteiger partial charge in [-0.3, -0.25) is 14.6 Å². The van der Waals surface area contributed by atoms with E-state index in [0.29, 0.717) is 31.2 Å². The second kappa shape index (κ2) is 13.0. The van der Waals surface area contributed by atoms with Crippen molar-refractivity contribution in [3.63, 3.8) is 0 Å². The molecule has 0 radical (unpaired) electrons. The molecule has 1 aromatic carbocycles. The number of nitrogens with one attached hydrogen (secondary N) is 1. The van der Waals surface area contributed by atoms with Gasteiger partial charge in [0.2, 0.25) is 11.9 Å². The summed E-state index contributed by atoms with van der Waals surface area (Å²) in [6, 6.07) is 20.6. The Hall–Kier alpha value is -5.16. The van der Waals surface area contributed by atoms with Crippen LogP contribution in [0.1, 0.15) is 40.0 Å². The summed E-state index contributed by atoms with van der Waals surface area (Å²) < 4.78 is 3.01. The van der Waals surface area contributed by atoms with Crippen LogP contribution in [0.15, 0.2) is 90.1 Å². The van der Waals surface area contributed by atoms with Crippen LogP contribution in [-0.4, -0.2) is 54.1 Å². The maximum absolute atomic E-state index is 12.9. The summed E-state index contributed by atoms with van der Waals surface area (Å²) in [7, 11) is 4.06. The number of nitrogens with zero attached hydrogens (tertiary/aromatic N) is 7. The van der Waals surface area contributed by atoms with Crippen LogP contribution in [0.5, 0.6) is 0 Å². The molecule has 3 N–H and O–H groups in total. The van der Waals surface area contributed by atoms with Gasteiger partial charge in [-0.2, -0.15) is 9.67 Å². The fraction of sp³-hybridized carbons (Fsp3) is 0.226. The zero-order chi connectivity index (χ0) is 29.5. The Morgan fingerprint density at radius 2 is 1.81 bits per heavy atom. The summed E-state index contributed by atoms with van der Waals surface area (Å²) >= 11 is 0. The Kier molecular flexibility index (Phi) is 8.78. The quantitative estimate of drug-likeness (QED) is 0.217. The number of ketones is 1. The van der Waals surface area contributed by atoms with Gasteiger partial charge in [-0.15, -0.1) is 5.10 Å². The van der Waals surface area contributed by atoms with Gasteiger partial charge in [-0.05, 0) is 80.5 Å². The normalized spacial score (nSPS) is 11.1. The van der Waals surface area contributed by atoms with Gasteiger partial charge in [-0.1, -0.05) is 24.3 Å². The number of hydrogen-bond donors (Lipinski definition) is 2. The zero-order valence-electron chi connectivity index (χ0n) is 23.6. The van der Waals surface area contributed by atoms with Crippen molar-refractivity contribution in [1.82, 2.24) is 34.2 Å². The van der Waals surface area contributed by atoms with E-state index < -0.39 is 0 Å². The SMILES string of the molecule is CN(C)Cc1ccc(Nc2nc(N)n(-c3cccc(CCCC(=O)c4cccn(Cc5cccnc5)c4=O)n3)n2)cc1. The second-order valence-electron chi connectivity index (χ2n) is 10.2. The summed E-state index contributed by atoms with van der Waals surface area (Å²) in [5, 5.41) is 7.67. The molecule has 0 atom stereocenters. The Labute approximate surface area is 243 Å². The van der Waals surface area contributed by atoms with E-state index in [9.17, 15) is 9.59 Å². The topological polar surface area (TPSA) is 137 Å². The number of anilines is 3. The van der Waals surface area contributed by atoms with E-state index in [2.05, 4.69) is 30.3 Å². The van der Waals surface area contributed by atoms with Crippen LogP contribution in [-0.2, 0) is 19.5 Å². The minimum Gasteiger partial charge on any atom is -0.368 e. The molecule has 0 unspecified atom stereocenters. The average Bonchev–Trinajstić information content (AvgIpc) is 3.35. The van der Waals surface area contributed by atoms with E-state index >= 15 is 0 Å². The first-order valence-electron chi connectivity index (χ1n) is 13.7. The number of hydrogen-bond acceptors (Lipinski definition) is 9. The molecule has 0 saturated heterocycles. The van der Waals surface area contributed by atoms with Gasteiger partial charge in [0.15, 0.2) is 11.6 Å². The summed E-state index contributed by atoms with van der Waals surface area (Å²) in [6.07, 6.45) is 6.38. The predicted octanol–water partition coefficient (Wildman–Crippen LogP) is 3.86. The highest BCUT2D eigenvalue weighted by Gasteiger charge is 2.14. The molecule has 0 fully saturated rings. The monoisotopic (exact) mass is 563 g/mol. The van der Waals surface area contributed by atoms with E-state index in [0.717, 1.165) is 23.5 Å². The van der Waals surface area contributed by atoms with E-state index in [4.69, 9.17) is 5.73 Å². The molecule has 4 heterocycles. The summed E-state index contributed by atoms with van der Waals surface area (Å²) in [6.45, 7) is 1.21. The first kappa shape index (κ1) is 28.4. The van der Waals surface area contributed by atoms with Crippen LogP contribution in [0.2, 0.25) is 0 Å². The Bertz CT molecular complexity index is 1710. The van der Waals surface area contributed by atoms with Gasteiger partial charge < -0.3 is 20.5 Å². The molecule has 4 aromatic heterocycles. The molecule has 0 spiro atoms. The van der Waals surface area contributed by atoms with E-state index in [1.54, 1.807) is 36.8 Å². The highest BCUT2D eigenvalue weighted by Crippen LogP contribution is 2.18. The van der Waals surface area contributed by atoms with Gasteiger partial charge in [0.1, 0.15) is 0 Å². The van der Waals surface area contributed by atoms with Crippen molar-refractivity contribution in [3.05, 3.63) is 118 Å². The van der Waals surface area contributed by atoms with Crippen LogP contribution in [0.4, 0.5) is 17.6 Å². The molecule has 0 saturated carbocycles. The lowest BCUT2D eigenvalue weighted by atomic mass is 10.1. The third-order valence-electron chi connectivity index (χ3n) is 6.58. The standard InChI is InChI=1S/C31H33N9O2/c1-38(2)20-22-13-15-25(16-14-22)35-31-36-30(32)40(37-31)28-12-4-9-24(34-28)8-3-11-27(41)26-10-6-18-39(29(26)42)21-23-7-5-17-33-19-23/h4-7,9-10,12-19H,3,8,11,20-21H2,1-2H3,(H3,32,35,36,37). The summed E-state index contributed by atoms with van der Waals surface area (Å²) in [4.78, 5) is 41.1. The van der Waals surface area contributed by atoms with Gasteiger partial charge in [0.05, 0.1) is 12.1 Å². The van der Waals surface area contributed by atoms with Gasteiger partial charge in [-0.25, -0.2) is 4.98 Å². The predicted molar refractivity (Wildman–Crippen MR) is 162 cm³/mol. The Balaban J connectivity index is 1.20. The molecule has 0 amide bonds. The van der Waals surface area contributed by atoms with Crippen molar-refractivity contribution in [3.8, 4) is 5.82 Å². The Morgan fingerprint density at radius 3 is 2.57 bits per heavy atom. The highest BCUT2D eigenvalue weighted by molar-refractivity contribution is 5.95. The maximum atomic E-state index is 12.9. The number of nitrogen functional groups attached to an aromatic ring is 1. The van der Waals surface area contributed by atoms with Crippen molar-refractivity contribution in [2.45, 2.75) is 32.4 Å². The maximum Gasteiger partial charge on any atom is 0.261 e. The van der Waals surface area contributed by atoms with Crippen molar-refractivity contribution in [1.29, 1.82) is 0 Å². The smallest absolute Gasteiger partial charge is 0.261 e. The third kappa shape index (κ3) is 7.12. The molecule has 0 bridgehead atoms. The number of rotatable bonds is 12. The molecule has 11 nitrogen and oxygen atoms in total. The number of aryl methyl sites for hydroxylation is 1.